The minimum atomic E-state index is 0.0786. The van der Waals surface area contributed by atoms with Crippen molar-refractivity contribution >= 4 is 5.78 Å². The van der Waals surface area contributed by atoms with Gasteiger partial charge in [0.2, 0.25) is 0 Å². The molecule has 0 bridgehead atoms. The second kappa shape index (κ2) is 4.56. The Morgan fingerprint density at radius 1 is 1.60 bits per heavy atom. The van der Waals surface area contributed by atoms with E-state index in [-0.39, 0.29) is 5.92 Å². The van der Waals surface area contributed by atoms with Crippen LogP contribution in [0.5, 0.6) is 0 Å². The SMILES string of the molecule is CCCC(=O)C1CCCc2cccnc21. The summed E-state index contributed by atoms with van der Waals surface area (Å²) >= 11 is 0. The summed E-state index contributed by atoms with van der Waals surface area (Å²) in [6, 6.07) is 4.07. The van der Waals surface area contributed by atoms with E-state index < -0.39 is 0 Å². The number of hydrogen-bond acceptors (Lipinski definition) is 2. The molecule has 2 nitrogen and oxygen atoms in total. The van der Waals surface area contributed by atoms with Crippen LogP contribution in [0.4, 0.5) is 0 Å². The van der Waals surface area contributed by atoms with Crippen LogP contribution in [-0.2, 0) is 11.2 Å². The summed E-state index contributed by atoms with van der Waals surface area (Å²) in [7, 11) is 0. The van der Waals surface area contributed by atoms with Crippen molar-refractivity contribution in [3.05, 3.63) is 29.6 Å². The lowest BCUT2D eigenvalue weighted by Crippen LogP contribution is -2.19. The van der Waals surface area contributed by atoms with Gasteiger partial charge in [-0.2, -0.15) is 0 Å². The number of fused-ring (bicyclic) bond motifs is 1. The van der Waals surface area contributed by atoms with Crippen molar-refractivity contribution in [3.63, 3.8) is 0 Å². The molecular formula is C13H17NO. The number of ketones is 1. The summed E-state index contributed by atoms with van der Waals surface area (Å²) in [5.41, 5.74) is 2.32. The van der Waals surface area contributed by atoms with Gasteiger partial charge in [0.1, 0.15) is 5.78 Å². The molecule has 2 rings (SSSR count). The zero-order valence-electron chi connectivity index (χ0n) is 9.20. The molecule has 0 fully saturated rings. The Balaban J connectivity index is 2.25. The van der Waals surface area contributed by atoms with Crippen molar-refractivity contribution < 1.29 is 4.79 Å². The predicted octanol–water partition coefficient (Wildman–Crippen LogP) is 2.87. The molecule has 15 heavy (non-hydrogen) atoms. The Labute approximate surface area is 90.7 Å². The highest BCUT2D eigenvalue weighted by atomic mass is 16.1. The highest BCUT2D eigenvalue weighted by Crippen LogP contribution is 2.31. The number of hydrogen-bond donors (Lipinski definition) is 0. The molecule has 1 aliphatic rings. The molecule has 1 aromatic rings. The normalized spacial score (nSPS) is 19.7. The quantitative estimate of drug-likeness (QED) is 0.756. The molecule has 0 radical (unpaired) electrons. The third kappa shape index (κ3) is 2.09. The van der Waals surface area contributed by atoms with E-state index in [1.54, 1.807) is 6.20 Å². The monoisotopic (exact) mass is 203 g/mol. The van der Waals surface area contributed by atoms with Gasteiger partial charge in [0.05, 0.1) is 11.6 Å². The Morgan fingerprint density at radius 2 is 2.47 bits per heavy atom. The number of carbonyl (C=O) groups is 1. The molecule has 1 aromatic heterocycles. The third-order valence-electron chi connectivity index (χ3n) is 3.08. The van der Waals surface area contributed by atoms with Crippen molar-refractivity contribution in [2.24, 2.45) is 0 Å². The average molecular weight is 203 g/mol. The fourth-order valence-electron chi connectivity index (χ4n) is 2.34. The van der Waals surface area contributed by atoms with Gasteiger partial charge in [0.25, 0.3) is 0 Å². The fraction of sp³-hybridized carbons (Fsp3) is 0.538. The Hall–Kier alpha value is -1.18. The van der Waals surface area contributed by atoms with Crippen LogP contribution in [0.15, 0.2) is 18.3 Å². The molecule has 0 spiro atoms. The minimum absolute atomic E-state index is 0.0786. The largest absolute Gasteiger partial charge is 0.299 e. The molecule has 80 valence electrons. The number of aryl methyl sites for hydroxylation is 1. The molecule has 1 heterocycles. The van der Waals surface area contributed by atoms with E-state index in [0.717, 1.165) is 31.4 Å². The zero-order chi connectivity index (χ0) is 10.7. The van der Waals surface area contributed by atoms with Gasteiger partial charge in [0, 0.05) is 12.6 Å². The van der Waals surface area contributed by atoms with Crippen molar-refractivity contribution in [2.75, 3.05) is 0 Å². The highest BCUT2D eigenvalue weighted by Gasteiger charge is 2.26. The molecule has 0 aromatic carbocycles. The first kappa shape index (κ1) is 10.3. The molecule has 0 aliphatic heterocycles. The van der Waals surface area contributed by atoms with Crippen LogP contribution in [0.3, 0.4) is 0 Å². The molecule has 2 heteroatoms. The van der Waals surface area contributed by atoms with Gasteiger partial charge in [-0.3, -0.25) is 9.78 Å². The van der Waals surface area contributed by atoms with Crippen LogP contribution in [0, 0.1) is 0 Å². The average Bonchev–Trinajstić information content (AvgIpc) is 2.28. The molecule has 0 N–H and O–H groups in total. The molecule has 1 atom stereocenters. The lowest BCUT2D eigenvalue weighted by atomic mass is 9.83. The van der Waals surface area contributed by atoms with Crippen LogP contribution in [-0.4, -0.2) is 10.8 Å². The Morgan fingerprint density at radius 3 is 3.27 bits per heavy atom. The van der Waals surface area contributed by atoms with Crippen molar-refractivity contribution in [2.45, 2.75) is 44.9 Å². The molecule has 0 saturated heterocycles. The van der Waals surface area contributed by atoms with Crippen molar-refractivity contribution in [3.8, 4) is 0 Å². The van der Waals surface area contributed by atoms with E-state index in [0.29, 0.717) is 12.2 Å². The number of nitrogens with zero attached hydrogens (tertiary/aromatic N) is 1. The summed E-state index contributed by atoms with van der Waals surface area (Å²) in [4.78, 5) is 16.3. The third-order valence-corrected chi connectivity index (χ3v) is 3.08. The van der Waals surface area contributed by atoms with Gasteiger partial charge >= 0.3 is 0 Å². The van der Waals surface area contributed by atoms with E-state index in [1.165, 1.54) is 5.56 Å². The van der Waals surface area contributed by atoms with E-state index in [4.69, 9.17) is 0 Å². The molecule has 0 saturated carbocycles. The summed E-state index contributed by atoms with van der Waals surface area (Å²) in [5, 5.41) is 0. The number of rotatable bonds is 3. The van der Waals surface area contributed by atoms with Crippen LogP contribution in [0.1, 0.15) is 49.8 Å². The van der Waals surface area contributed by atoms with Crippen LogP contribution < -0.4 is 0 Å². The van der Waals surface area contributed by atoms with E-state index in [9.17, 15) is 4.79 Å². The van der Waals surface area contributed by atoms with E-state index in [2.05, 4.69) is 18.0 Å². The fourth-order valence-corrected chi connectivity index (χ4v) is 2.34. The van der Waals surface area contributed by atoms with E-state index >= 15 is 0 Å². The maximum atomic E-state index is 11.9. The summed E-state index contributed by atoms with van der Waals surface area (Å²) < 4.78 is 0. The maximum absolute atomic E-state index is 11.9. The summed E-state index contributed by atoms with van der Waals surface area (Å²) in [6.45, 7) is 2.06. The Kier molecular flexibility index (Phi) is 3.14. The molecule has 1 aliphatic carbocycles. The second-order valence-corrected chi connectivity index (χ2v) is 4.21. The number of aromatic nitrogens is 1. The molecule has 1 unspecified atom stereocenters. The van der Waals surface area contributed by atoms with Crippen molar-refractivity contribution in [1.29, 1.82) is 0 Å². The Bertz CT molecular complexity index is 359. The molecular weight excluding hydrogens is 186 g/mol. The van der Waals surface area contributed by atoms with Gasteiger partial charge in [-0.25, -0.2) is 0 Å². The lowest BCUT2D eigenvalue weighted by Gasteiger charge is -2.22. The number of carbonyl (C=O) groups excluding carboxylic acids is 1. The topological polar surface area (TPSA) is 30.0 Å². The standard InChI is InChI=1S/C13H17NO/c1-2-5-12(15)11-8-3-6-10-7-4-9-14-13(10)11/h4,7,9,11H,2-3,5-6,8H2,1H3. The van der Waals surface area contributed by atoms with Crippen LogP contribution >= 0.6 is 0 Å². The minimum Gasteiger partial charge on any atom is -0.299 e. The predicted molar refractivity (Wildman–Crippen MR) is 59.8 cm³/mol. The second-order valence-electron chi connectivity index (χ2n) is 4.21. The number of Topliss-reactive ketones (excluding diaryl/α,β-unsaturated/α-hetero) is 1. The summed E-state index contributed by atoms with van der Waals surface area (Å²) in [5.74, 6) is 0.451. The van der Waals surface area contributed by atoms with Crippen LogP contribution in [0.25, 0.3) is 0 Å². The van der Waals surface area contributed by atoms with Gasteiger partial charge in [-0.1, -0.05) is 13.0 Å². The first-order valence-electron chi connectivity index (χ1n) is 5.79. The van der Waals surface area contributed by atoms with Gasteiger partial charge in [-0.15, -0.1) is 0 Å². The lowest BCUT2D eigenvalue weighted by molar-refractivity contribution is -0.120. The summed E-state index contributed by atoms with van der Waals surface area (Å²) in [6.07, 6.45) is 6.63. The van der Waals surface area contributed by atoms with Crippen LogP contribution in [0.2, 0.25) is 0 Å². The number of pyridine rings is 1. The first-order chi connectivity index (χ1) is 7.33. The van der Waals surface area contributed by atoms with Gasteiger partial charge in [0.15, 0.2) is 0 Å². The highest BCUT2D eigenvalue weighted by molar-refractivity contribution is 5.85. The first-order valence-corrected chi connectivity index (χ1v) is 5.79. The molecule has 0 amide bonds. The van der Waals surface area contributed by atoms with E-state index in [1.807, 2.05) is 6.07 Å². The van der Waals surface area contributed by atoms with Gasteiger partial charge < -0.3 is 0 Å². The smallest absolute Gasteiger partial charge is 0.141 e. The van der Waals surface area contributed by atoms with Gasteiger partial charge in [-0.05, 0) is 37.3 Å². The maximum Gasteiger partial charge on any atom is 0.141 e. The van der Waals surface area contributed by atoms with Crippen molar-refractivity contribution in [1.82, 2.24) is 4.98 Å². The zero-order valence-corrected chi connectivity index (χ0v) is 9.20.